The van der Waals surface area contributed by atoms with Crippen LogP contribution in [0, 0.1) is 0 Å². The van der Waals surface area contributed by atoms with E-state index < -0.39 is 0 Å². The molecule has 18 heavy (non-hydrogen) atoms. The number of piperidine rings is 1. The van der Waals surface area contributed by atoms with Gasteiger partial charge in [0.05, 0.1) is 6.33 Å². The van der Waals surface area contributed by atoms with Gasteiger partial charge in [-0.2, -0.15) is 0 Å². The van der Waals surface area contributed by atoms with Crippen molar-refractivity contribution in [3.8, 4) is 0 Å². The topological polar surface area (TPSA) is 48.3 Å². The van der Waals surface area contributed by atoms with Crippen molar-refractivity contribution in [1.82, 2.24) is 14.9 Å². The van der Waals surface area contributed by atoms with E-state index in [0.29, 0.717) is 13.2 Å². The van der Waals surface area contributed by atoms with E-state index in [1.165, 1.54) is 32.4 Å². The second kappa shape index (κ2) is 10.1. The molecular weight excluding hydrogens is 230 g/mol. The van der Waals surface area contributed by atoms with Gasteiger partial charge in [0.25, 0.3) is 0 Å². The SMILES string of the molecule is C1CCNCC1.CCOC(OCC)n1ccnc1. The molecule has 5 nitrogen and oxygen atoms in total. The van der Waals surface area contributed by atoms with Crippen LogP contribution in [-0.4, -0.2) is 35.9 Å². The van der Waals surface area contributed by atoms with Gasteiger partial charge in [-0.1, -0.05) is 6.42 Å². The second-order valence-corrected chi connectivity index (χ2v) is 4.04. The van der Waals surface area contributed by atoms with Crippen LogP contribution in [0.3, 0.4) is 0 Å². The summed E-state index contributed by atoms with van der Waals surface area (Å²) in [5.41, 5.74) is 0. The van der Waals surface area contributed by atoms with Gasteiger partial charge in [-0.25, -0.2) is 4.98 Å². The molecule has 0 spiro atoms. The van der Waals surface area contributed by atoms with E-state index in [-0.39, 0.29) is 6.41 Å². The average Bonchev–Trinajstić information content (AvgIpc) is 2.95. The van der Waals surface area contributed by atoms with Crippen molar-refractivity contribution in [3.63, 3.8) is 0 Å². The molecule has 1 aromatic rings. The molecule has 104 valence electrons. The van der Waals surface area contributed by atoms with Crippen LogP contribution in [0.1, 0.15) is 39.5 Å². The maximum atomic E-state index is 5.33. The number of aromatic nitrogens is 2. The zero-order chi connectivity index (χ0) is 13.1. The Kier molecular flexibility index (Phi) is 8.46. The van der Waals surface area contributed by atoms with Crippen molar-refractivity contribution in [2.24, 2.45) is 0 Å². The largest absolute Gasteiger partial charge is 0.335 e. The normalized spacial score (nSPS) is 15.3. The van der Waals surface area contributed by atoms with Gasteiger partial charge < -0.3 is 14.8 Å². The van der Waals surface area contributed by atoms with Crippen molar-refractivity contribution in [2.45, 2.75) is 39.5 Å². The molecule has 1 aromatic heterocycles. The third-order valence-corrected chi connectivity index (χ3v) is 2.59. The molecule has 1 aliphatic heterocycles. The molecule has 0 unspecified atom stereocenters. The summed E-state index contributed by atoms with van der Waals surface area (Å²) in [7, 11) is 0. The van der Waals surface area contributed by atoms with Crippen LogP contribution in [0.4, 0.5) is 0 Å². The summed E-state index contributed by atoms with van der Waals surface area (Å²) in [5.74, 6) is 0. The summed E-state index contributed by atoms with van der Waals surface area (Å²) < 4.78 is 12.4. The molecule has 1 fully saturated rings. The van der Waals surface area contributed by atoms with Crippen LogP contribution in [-0.2, 0) is 9.47 Å². The number of nitrogens with zero attached hydrogens (tertiary/aromatic N) is 2. The average molecular weight is 255 g/mol. The maximum absolute atomic E-state index is 5.33. The Labute approximate surface area is 109 Å². The summed E-state index contributed by atoms with van der Waals surface area (Å²) in [6.45, 7) is 7.62. The minimum absolute atomic E-state index is 0.331. The molecule has 0 aliphatic carbocycles. The molecule has 2 rings (SSSR count). The van der Waals surface area contributed by atoms with Gasteiger partial charge in [-0.15, -0.1) is 0 Å². The zero-order valence-corrected chi connectivity index (χ0v) is 11.5. The number of hydrogen-bond acceptors (Lipinski definition) is 4. The molecule has 5 heteroatoms. The number of imidazole rings is 1. The van der Waals surface area contributed by atoms with E-state index in [1.807, 2.05) is 20.0 Å². The Bertz CT molecular complexity index is 256. The fraction of sp³-hybridized carbons (Fsp3) is 0.769. The number of nitrogens with one attached hydrogen (secondary N) is 1. The summed E-state index contributed by atoms with van der Waals surface area (Å²) in [6, 6.07) is 0. The molecule has 1 saturated heterocycles. The van der Waals surface area contributed by atoms with Crippen LogP contribution < -0.4 is 5.32 Å². The van der Waals surface area contributed by atoms with Gasteiger partial charge in [0, 0.05) is 25.6 Å². The predicted octanol–water partition coefficient (Wildman–Crippen LogP) is 2.17. The Morgan fingerprint density at radius 1 is 1.17 bits per heavy atom. The van der Waals surface area contributed by atoms with E-state index in [1.54, 1.807) is 17.1 Å². The molecule has 1 N–H and O–H groups in total. The maximum Gasteiger partial charge on any atom is 0.245 e. The molecule has 1 aliphatic rings. The minimum atomic E-state index is -0.331. The van der Waals surface area contributed by atoms with Gasteiger partial charge in [-0.05, 0) is 39.8 Å². The molecule has 0 amide bonds. The molecule has 0 atom stereocenters. The first-order valence-corrected chi connectivity index (χ1v) is 6.79. The predicted molar refractivity (Wildman–Crippen MR) is 71.2 cm³/mol. The van der Waals surface area contributed by atoms with Crippen LogP contribution in [0.15, 0.2) is 18.7 Å². The van der Waals surface area contributed by atoms with E-state index in [2.05, 4.69) is 10.3 Å². The Morgan fingerprint density at radius 3 is 2.17 bits per heavy atom. The fourth-order valence-electron chi connectivity index (χ4n) is 1.70. The first kappa shape index (κ1) is 15.1. The van der Waals surface area contributed by atoms with Crippen LogP contribution in [0.25, 0.3) is 0 Å². The molecule has 2 heterocycles. The quantitative estimate of drug-likeness (QED) is 0.819. The summed E-state index contributed by atoms with van der Waals surface area (Å²) in [4.78, 5) is 3.91. The van der Waals surface area contributed by atoms with Crippen molar-refractivity contribution >= 4 is 0 Å². The Hall–Kier alpha value is -0.910. The fourth-order valence-corrected chi connectivity index (χ4v) is 1.70. The standard InChI is InChI=1S/C8H14N2O2.C5H11N/c1-3-11-8(12-4-2)10-6-5-9-7-10;1-2-4-6-5-3-1/h5-8H,3-4H2,1-2H3;6H,1-5H2. The zero-order valence-electron chi connectivity index (χ0n) is 11.5. The van der Waals surface area contributed by atoms with Crippen molar-refractivity contribution < 1.29 is 9.47 Å². The van der Waals surface area contributed by atoms with Gasteiger partial charge >= 0.3 is 0 Å². The molecule has 0 saturated carbocycles. The highest BCUT2D eigenvalue weighted by molar-refractivity contribution is 4.74. The highest BCUT2D eigenvalue weighted by Crippen LogP contribution is 2.08. The molecular formula is C13H25N3O2. The van der Waals surface area contributed by atoms with E-state index in [9.17, 15) is 0 Å². The third kappa shape index (κ3) is 6.14. The lowest BCUT2D eigenvalue weighted by atomic mass is 10.2. The number of hydrogen-bond donors (Lipinski definition) is 1. The minimum Gasteiger partial charge on any atom is -0.335 e. The van der Waals surface area contributed by atoms with Crippen LogP contribution >= 0.6 is 0 Å². The second-order valence-electron chi connectivity index (χ2n) is 4.04. The first-order valence-electron chi connectivity index (χ1n) is 6.79. The molecule has 0 radical (unpaired) electrons. The molecule has 0 aromatic carbocycles. The number of ether oxygens (including phenoxy) is 2. The van der Waals surface area contributed by atoms with Crippen molar-refractivity contribution in [1.29, 1.82) is 0 Å². The summed E-state index contributed by atoms with van der Waals surface area (Å²) in [6.07, 6.45) is 9.08. The highest BCUT2D eigenvalue weighted by Gasteiger charge is 2.07. The summed E-state index contributed by atoms with van der Waals surface area (Å²) in [5, 5.41) is 3.28. The summed E-state index contributed by atoms with van der Waals surface area (Å²) >= 11 is 0. The van der Waals surface area contributed by atoms with Gasteiger partial charge in [0.15, 0.2) is 0 Å². The lowest BCUT2D eigenvalue weighted by Gasteiger charge is -2.17. The third-order valence-electron chi connectivity index (χ3n) is 2.59. The Balaban J connectivity index is 0.000000225. The monoisotopic (exact) mass is 255 g/mol. The van der Waals surface area contributed by atoms with Crippen molar-refractivity contribution in [3.05, 3.63) is 18.7 Å². The lowest BCUT2D eigenvalue weighted by molar-refractivity contribution is -0.186. The Morgan fingerprint density at radius 2 is 1.83 bits per heavy atom. The van der Waals surface area contributed by atoms with E-state index >= 15 is 0 Å². The lowest BCUT2D eigenvalue weighted by Crippen LogP contribution is -2.21. The highest BCUT2D eigenvalue weighted by atomic mass is 16.7. The van der Waals surface area contributed by atoms with Gasteiger partial charge in [0.1, 0.15) is 0 Å². The first-order chi connectivity index (χ1) is 8.88. The van der Waals surface area contributed by atoms with Gasteiger partial charge in [0.2, 0.25) is 6.41 Å². The van der Waals surface area contributed by atoms with Crippen molar-refractivity contribution in [2.75, 3.05) is 26.3 Å². The van der Waals surface area contributed by atoms with Crippen LogP contribution in [0.2, 0.25) is 0 Å². The van der Waals surface area contributed by atoms with Gasteiger partial charge in [-0.3, -0.25) is 4.57 Å². The number of rotatable bonds is 5. The van der Waals surface area contributed by atoms with E-state index in [0.717, 1.165) is 0 Å². The van der Waals surface area contributed by atoms with E-state index in [4.69, 9.17) is 9.47 Å². The van der Waals surface area contributed by atoms with Crippen LogP contribution in [0.5, 0.6) is 0 Å². The smallest absolute Gasteiger partial charge is 0.245 e. The molecule has 0 bridgehead atoms.